The van der Waals surface area contributed by atoms with E-state index in [0.29, 0.717) is 11.2 Å². The lowest BCUT2D eigenvalue weighted by atomic mass is 10.0. The Bertz CT molecular complexity index is 567. The lowest BCUT2D eigenvalue weighted by molar-refractivity contribution is 0.209. The van der Waals surface area contributed by atoms with Crippen LogP contribution in [-0.4, -0.2) is 34.0 Å². The summed E-state index contributed by atoms with van der Waals surface area (Å²) >= 11 is 5.91. The Labute approximate surface area is 130 Å². The fourth-order valence-corrected chi connectivity index (χ4v) is 2.86. The Morgan fingerprint density at radius 1 is 1.14 bits per heavy atom. The molecule has 0 saturated carbocycles. The van der Waals surface area contributed by atoms with Crippen LogP contribution in [0.4, 0.5) is 5.69 Å². The molecule has 0 aromatic carbocycles. The third-order valence-corrected chi connectivity index (χ3v) is 4.00. The highest BCUT2D eigenvalue weighted by molar-refractivity contribution is 6.29. The number of nitrogens with zero attached hydrogens (tertiary/aromatic N) is 3. The number of likely N-dealkylation sites (tertiary alicyclic amines) is 1. The van der Waals surface area contributed by atoms with Gasteiger partial charge in [0, 0.05) is 43.8 Å². The number of pyridine rings is 2. The number of piperidine rings is 1. The fraction of sp³-hybridized carbons (Fsp3) is 0.375. The van der Waals surface area contributed by atoms with Crippen LogP contribution in [0.5, 0.6) is 0 Å². The number of aromatic nitrogens is 2. The van der Waals surface area contributed by atoms with Crippen LogP contribution >= 0.6 is 11.6 Å². The van der Waals surface area contributed by atoms with Crippen molar-refractivity contribution in [1.82, 2.24) is 14.9 Å². The van der Waals surface area contributed by atoms with Crippen molar-refractivity contribution in [2.45, 2.75) is 25.4 Å². The van der Waals surface area contributed by atoms with Gasteiger partial charge in [-0.15, -0.1) is 0 Å². The van der Waals surface area contributed by atoms with Gasteiger partial charge in [0.25, 0.3) is 0 Å². The van der Waals surface area contributed by atoms with Gasteiger partial charge in [-0.2, -0.15) is 0 Å². The molecule has 0 amide bonds. The van der Waals surface area contributed by atoms with E-state index < -0.39 is 0 Å². The summed E-state index contributed by atoms with van der Waals surface area (Å²) in [6, 6.07) is 10.4. The zero-order valence-electron chi connectivity index (χ0n) is 11.9. The molecule has 1 saturated heterocycles. The predicted molar refractivity (Wildman–Crippen MR) is 85.4 cm³/mol. The first-order valence-corrected chi connectivity index (χ1v) is 7.68. The van der Waals surface area contributed by atoms with E-state index in [1.807, 2.05) is 30.5 Å². The van der Waals surface area contributed by atoms with Crippen LogP contribution in [0.1, 0.15) is 18.5 Å². The summed E-state index contributed by atoms with van der Waals surface area (Å²) in [5, 5.41) is 4.07. The molecule has 0 radical (unpaired) electrons. The van der Waals surface area contributed by atoms with Crippen LogP contribution in [0.3, 0.4) is 0 Å². The van der Waals surface area contributed by atoms with Crippen LogP contribution in [0.15, 0.2) is 42.7 Å². The molecule has 5 heteroatoms. The first-order chi connectivity index (χ1) is 10.3. The van der Waals surface area contributed by atoms with Gasteiger partial charge in [0.15, 0.2) is 0 Å². The molecular weight excluding hydrogens is 284 g/mol. The molecule has 1 aliphatic rings. The molecule has 1 fully saturated rings. The summed E-state index contributed by atoms with van der Waals surface area (Å²) in [5.41, 5.74) is 2.20. The van der Waals surface area contributed by atoms with Crippen molar-refractivity contribution in [3.05, 3.63) is 53.6 Å². The van der Waals surface area contributed by atoms with Gasteiger partial charge in [-0.05, 0) is 37.1 Å². The van der Waals surface area contributed by atoms with Crippen LogP contribution in [0.2, 0.25) is 5.15 Å². The van der Waals surface area contributed by atoms with Crippen molar-refractivity contribution in [1.29, 1.82) is 0 Å². The zero-order valence-corrected chi connectivity index (χ0v) is 12.6. The van der Waals surface area contributed by atoms with E-state index in [-0.39, 0.29) is 0 Å². The molecule has 0 bridgehead atoms. The first kappa shape index (κ1) is 14.3. The first-order valence-electron chi connectivity index (χ1n) is 7.30. The highest BCUT2D eigenvalue weighted by Crippen LogP contribution is 2.19. The summed E-state index contributed by atoms with van der Waals surface area (Å²) in [6.45, 7) is 3.12. The molecule has 2 aromatic rings. The molecule has 3 heterocycles. The SMILES string of the molecule is Clc1cc(NC2CCN(Cc3ccccn3)CC2)ccn1. The number of anilines is 1. The lowest BCUT2D eigenvalue weighted by Crippen LogP contribution is -2.38. The molecule has 0 spiro atoms. The van der Waals surface area contributed by atoms with Crippen LogP contribution in [0.25, 0.3) is 0 Å². The third-order valence-electron chi connectivity index (χ3n) is 3.80. The normalized spacial score (nSPS) is 16.8. The summed E-state index contributed by atoms with van der Waals surface area (Å²) in [5.74, 6) is 0. The van der Waals surface area contributed by atoms with E-state index >= 15 is 0 Å². The maximum Gasteiger partial charge on any atom is 0.131 e. The van der Waals surface area contributed by atoms with Gasteiger partial charge in [0.2, 0.25) is 0 Å². The van der Waals surface area contributed by atoms with Crippen LogP contribution < -0.4 is 5.32 Å². The fourth-order valence-electron chi connectivity index (χ4n) is 2.68. The van der Waals surface area contributed by atoms with Gasteiger partial charge < -0.3 is 5.32 Å². The standard InChI is InChI=1S/C16H19ClN4/c17-16-11-14(4-8-19-16)20-13-5-9-21(10-6-13)12-15-3-1-2-7-18-15/h1-4,7-8,11,13H,5-6,9-10,12H2,(H,19,20). The van der Waals surface area contributed by atoms with Gasteiger partial charge in [-0.1, -0.05) is 17.7 Å². The summed E-state index contributed by atoms with van der Waals surface area (Å²) in [7, 11) is 0. The molecule has 1 aliphatic heterocycles. The van der Waals surface area contributed by atoms with E-state index in [4.69, 9.17) is 11.6 Å². The topological polar surface area (TPSA) is 41.0 Å². The molecule has 1 N–H and O–H groups in total. The number of hydrogen-bond acceptors (Lipinski definition) is 4. The summed E-state index contributed by atoms with van der Waals surface area (Å²) in [6.07, 6.45) is 5.86. The van der Waals surface area contributed by atoms with E-state index in [2.05, 4.69) is 26.3 Å². The van der Waals surface area contributed by atoms with Gasteiger partial charge >= 0.3 is 0 Å². The molecule has 0 unspecified atom stereocenters. The number of halogens is 1. The van der Waals surface area contributed by atoms with Crippen LogP contribution in [0, 0.1) is 0 Å². The van der Waals surface area contributed by atoms with Gasteiger partial charge in [0.05, 0.1) is 5.69 Å². The van der Waals surface area contributed by atoms with Crippen molar-refractivity contribution < 1.29 is 0 Å². The van der Waals surface area contributed by atoms with Gasteiger partial charge in [0.1, 0.15) is 5.15 Å². The minimum atomic E-state index is 0.503. The number of nitrogens with one attached hydrogen (secondary N) is 1. The van der Waals surface area contributed by atoms with Crippen molar-refractivity contribution in [2.75, 3.05) is 18.4 Å². The van der Waals surface area contributed by atoms with E-state index in [9.17, 15) is 0 Å². The zero-order chi connectivity index (χ0) is 14.5. The minimum Gasteiger partial charge on any atom is -0.382 e. The monoisotopic (exact) mass is 302 g/mol. The molecule has 0 atom stereocenters. The number of hydrogen-bond donors (Lipinski definition) is 1. The average molecular weight is 303 g/mol. The summed E-state index contributed by atoms with van der Waals surface area (Å²) in [4.78, 5) is 10.9. The minimum absolute atomic E-state index is 0.503. The molecule has 0 aliphatic carbocycles. The smallest absolute Gasteiger partial charge is 0.131 e. The van der Waals surface area contributed by atoms with E-state index in [1.165, 1.54) is 0 Å². The molecule has 2 aromatic heterocycles. The van der Waals surface area contributed by atoms with Crippen molar-refractivity contribution in [3.8, 4) is 0 Å². The molecule has 110 valence electrons. The van der Waals surface area contributed by atoms with Crippen molar-refractivity contribution in [3.63, 3.8) is 0 Å². The molecule has 21 heavy (non-hydrogen) atoms. The molecule has 4 nitrogen and oxygen atoms in total. The van der Waals surface area contributed by atoms with Crippen molar-refractivity contribution in [2.24, 2.45) is 0 Å². The summed E-state index contributed by atoms with van der Waals surface area (Å²) < 4.78 is 0. The highest BCUT2D eigenvalue weighted by Gasteiger charge is 2.19. The number of rotatable bonds is 4. The maximum atomic E-state index is 5.91. The van der Waals surface area contributed by atoms with E-state index in [0.717, 1.165) is 43.9 Å². The van der Waals surface area contributed by atoms with Crippen LogP contribution in [-0.2, 0) is 6.54 Å². The average Bonchev–Trinajstić information content (AvgIpc) is 2.50. The Morgan fingerprint density at radius 3 is 2.71 bits per heavy atom. The highest BCUT2D eigenvalue weighted by atomic mass is 35.5. The molecule has 3 rings (SSSR count). The second-order valence-corrected chi connectivity index (χ2v) is 5.77. The Hall–Kier alpha value is -1.65. The van der Waals surface area contributed by atoms with E-state index in [1.54, 1.807) is 6.20 Å². The Balaban J connectivity index is 1.49. The quantitative estimate of drug-likeness (QED) is 0.881. The largest absolute Gasteiger partial charge is 0.382 e. The Morgan fingerprint density at radius 2 is 2.00 bits per heavy atom. The van der Waals surface area contributed by atoms with Gasteiger partial charge in [-0.25, -0.2) is 4.98 Å². The second kappa shape index (κ2) is 6.87. The third kappa shape index (κ3) is 4.16. The van der Waals surface area contributed by atoms with Crippen molar-refractivity contribution >= 4 is 17.3 Å². The predicted octanol–water partition coefficient (Wildman–Crippen LogP) is 3.21. The second-order valence-electron chi connectivity index (χ2n) is 5.38. The molecular formula is C16H19ClN4. The van der Waals surface area contributed by atoms with Gasteiger partial charge in [-0.3, -0.25) is 9.88 Å². The Kier molecular flexibility index (Phi) is 4.68. The maximum absolute atomic E-state index is 5.91. The lowest BCUT2D eigenvalue weighted by Gasteiger charge is -2.32.